The van der Waals surface area contributed by atoms with E-state index < -0.39 is 6.04 Å². The van der Waals surface area contributed by atoms with Gasteiger partial charge in [0.2, 0.25) is 0 Å². The van der Waals surface area contributed by atoms with Gasteiger partial charge in [0, 0.05) is 16.5 Å². The van der Waals surface area contributed by atoms with Gasteiger partial charge in [-0.2, -0.15) is 0 Å². The van der Waals surface area contributed by atoms with Gasteiger partial charge < -0.3 is 10.1 Å². The van der Waals surface area contributed by atoms with E-state index in [-0.39, 0.29) is 11.9 Å². The Balaban J connectivity index is 2.16. The first-order valence-electron chi connectivity index (χ1n) is 5.73. The molecule has 1 amide bonds. The van der Waals surface area contributed by atoms with Gasteiger partial charge in [-0.15, -0.1) is 0 Å². The van der Waals surface area contributed by atoms with Crippen molar-refractivity contribution in [2.75, 3.05) is 6.61 Å². The Kier molecular flexibility index (Phi) is 3.71. The van der Waals surface area contributed by atoms with E-state index in [9.17, 15) is 9.59 Å². The molecule has 0 aromatic heterocycles. The molecule has 4 nitrogen and oxygen atoms in total. The second-order valence-corrected chi connectivity index (χ2v) is 5.20. The Morgan fingerprint density at radius 3 is 2.50 bits per heavy atom. The third-order valence-electron chi connectivity index (χ3n) is 2.94. The molecular weight excluding hydrogens is 298 g/mol. The number of esters is 1. The molecule has 18 heavy (non-hydrogen) atoms. The number of nitrogens with one attached hydrogen (secondary N) is 1. The highest BCUT2D eigenvalue weighted by molar-refractivity contribution is 9.10. The summed E-state index contributed by atoms with van der Waals surface area (Å²) in [5.41, 5.74) is 2.55. The van der Waals surface area contributed by atoms with Crippen LogP contribution in [-0.4, -0.2) is 24.5 Å². The smallest absolute Gasteiger partial charge is 0.328 e. The molecule has 1 saturated heterocycles. The first-order chi connectivity index (χ1) is 8.49. The van der Waals surface area contributed by atoms with E-state index >= 15 is 0 Å². The summed E-state index contributed by atoms with van der Waals surface area (Å²) >= 11 is 3.45. The number of rotatable bonds is 2. The molecule has 1 aliphatic heterocycles. The average molecular weight is 312 g/mol. The number of ether oxygens (including phenoxy) is 1. The molecule has 0 spiro atoms. The van der Waals surface area contributed by atoms with Crippen LogP contribution < -0.4 is 5.32 Å². The summed E-state index contributed by atoms with van der Waals surface area (Å²) in [5.74, 6) is -0.591. The molecule has 96 valence electrons. The van der Waals surface area contributed by atoms with Gasteiger partial charge in [0.05, 0.1) is 6.61 Å². The lowest BCUT2D eigenvalue weighted by molar-refractivity contribution is -0.139. The van der Waals surface area contributed by atoms with Crippen molar-refractivity contribution in [3.8, 4) is 0 Å². The normalized spacial score (nSPS) is 18.6. The molecule has 1 atom stereocenters. The highest BCUT2D eigenvalue weighted by atomic mass is 79.9. The van der Waals surface area contributed by atoms with E-state index in [2.05, 4.69) is 21.2 Å². The maximum atomic E-state index is 12.0. The largest absolute Gasteiger partial charge is 0.464 e. The van der Waals surface area contributed by atoms with E-state index in [4.69, 9.17) is 4.74 Å². The lowest BCUT2D eigenvalue weighted by atomic mass is 10.1. The highest BCUT2D eigenvalue weighted by Gasteiger charge is 2.28. The number of hydrogen-bond donors (Lipinski definition) is 1. The van der Waals surface area contributed by atoms with Crippen LogP contribution in [0.4, 0.5) is 0 Å². The molecule has 5 heteroatoms. The number of halogens is 1. The molecule has 1 aromatic rings. The molecule has 0 aliphatic carbocycles. The van der Waals surface area contributed by atoms with Gasteiger partial charge in [-0.3, -0.25) is 4.79 Å². The lowest BCUT2D eigenvalue weighted by Crippen LogP contribution is -2.37. The third kappa shape index (κ3) is 2.56. The Bertz CT molecular complexity index is 490. The van der Waals surface area contributed by atoms with E-state index in [1.165, 1.54) is 0 Å². The lowest BCUT2D eigenvalue weighted by Gasteiger charge is -2.11. The maximum Gasteiger partial charge on any atom is 0.328 e. The van der Waals surface area contributed by atoms with Gasteiger partial charge >= 0.3 is 5.97 Å². The zero-order chi connectivity index (χ0) is 13.3. The van der Waals surface area contributed by atoms with Crippen LogP contribution in [0.5, 0.6) is 0 Å². The molecule has 1 fully saturated rings. The van der Waals surface area contributed by atoms with Crippen LogP contribution in [0.1, 0.15) is 27.9 Å². The molecule has 0 saturated carbocycles. The number of cyclic esters (lactones) is 1. The third-order valence-corrected chi connectivity index (χ3v) is 4.19. The Hall–Kier alpha value is -1.36. The molecule has 1 heterocycles. The van der Waals surface area contributed by atoms with Crippen LogP contribution in [-0.2, 0) is 9.53 Å². The summed E-state index contributed by atoms with van der Waals surface area (Å²) < 4.78 is 5.81. The van der Waals surface area contributed by atoms with Crippen LogP contribution in [0.25, 0.3) is 0 Å². The summed E-state index contributed by atoms with van der Waals surface area (Å²) in [5, 5.41) is 2.69. The van der Waals surface area contributed by atoms with E-state index in [0.717, 1.165) is 15.6 Å². The molecule has 1 N–H and O–H groups in total. The Morgan fingerprint density at radius 2 is 2.00 bits per heavy atom. The fraction of sp³-hybridized carbons (Fsp3) is 0.385. The van der Waals surface area contributed by atoms with Crippen molar-refractivity contribution in [3.05, 3.63) is 33.3 Å². The number of carbonyl (C=O) groups is 2. The molecule has 0 unspecified atom stereocenters. The minimum Gasteiger partial charge on any atom is -0.464 e. The Morgan fingerprint density at radius 1 is 1.39 bits per heavy atom. The van der Waals surface area contributed by atoms with Gasteiger partial charge in [0.15, 0.2) is 0 Å². The van der Waals surface area contributed by atoms with E-state index in [1.54, 1.807) is 12.1 Å². The second kappa shape index (κ2) is 5.10. The second-order valence-electron chi connectivity index (χ2n) is 4.41. The first kappa shape index (κ1) is 13.1. The number of benzene rings is 1. The van der Waals surface area contributed by atoms with Crippen LogP contribution in [0, 0.1) is 13.8 Å². The molecule has 1 aliphatic rings. The van der Waals surface area contributed by atoms with Gasteiger partial charge in [-0.1, -0.05) is 15.9 Å². The summed E-state index contributed by atoms with van der Waals surface area (Å²) in [4.78, 5) is 23.3. The number of amides is 1. The van der Waals surface area contributed by atoms with Crippen molar-refractivity contribution in [2.24, 2.45) is 0 Å². The summed E-state index contributed by atoms with van der Waals surface area (Å²) in [6, 6.07) is 3.08. The Labute approximate surface area is 114 Å². The van der Waals surface area contributed by atoms with Crippen molar-refractivity contribution in [1.29, 1.82) is 0 Å². The maximum absolute atomic E-state index is 12.0. The summed E-state index contributed by atoms with van der Waals surface area (Å²) in [6.07, 6.45) is 0.541. The zero-order valence-corrected chi connectivity index (χ0v) is 11.8. The summed E-state index contributed by atoms with van der Waals surface area (Å²) in [6.45, 7) is 4.23. The molecule has 0 radical (unpaired) electrons. The van der Waals surface area contributed by atoms with E-state index in [1.807, 2.05) is 13.8 Å². The van der Waals surface area contributed by atoms with Crippen LogP contribution in [0.3, 0.4) is 0 Å². The predicted molar refractivity (Wildman–Crippen MR) is 70.4 cm³/mol. The zero-order valence-electron chi connectivity index (χ0n) is 10.2. The number of hydrogen-bond acceptors (Lipinski definition) is 3. The fourth-order valence-corrected chi connectivity index (χ4v) is 2.17. The molecule has 0 bridgehead atoms. The van der Waals surface area contributed by atoms with Crippen molar-refractivity contribution < 1.29 is 14.3 Å². The number of aryl methyl sites for hydroxylation is 2. The van der Waals surface area contributed by atoms with Gasteiger partial charge in [0.1, 0.15) is 6.04 Å². The minimum absolute atomic E-state index is 0.238. The van der Waals surface area contributed by atoms with Crippen molar-refractivity contribution >= 4 is 27.8 Å². The topological polar surface area (TPSA) is 55.4 Å². The SMILES string of the molecule is Cc1cc(C(=O)N[C@H]2CCOC2=O)cc(C)c1Br. The molecule has 1 aromatic carbocycles. The highest BCUT2D eigenvalue weighted by Crippen LogP contribution is 2.22. The number of carbonyl (C=O) groups excluding carboxylic acids is 2. The van der Waals surface area contributed by atoms with Gasteiger partial charge in [0.25, 0.3) is 5.91 Å². The van der Waals surface area contributed by atoms with Gasteiger partial charge in [-0.05, 0) is 37.1 Å². The quantitative estimate of drug-likeness (QED) is 0.851. The van der Waals surface area contributed by atoms with Gasteiger partial charge in [-0.25, -0.2) is 4.79 Å². The van der Waals surface area contributed by atoms with Crippen molar-refractivity contribution in [3.63, 3.8) is 0 Å². The summed E-state index contributed by atoms with van der Waals surface area (Å²) in [7, 11) is 0. The standard InChI is InChI=1S/C13H14BrNO3/c1-7-5-9(6-8(2)11(7)14)12(16)15-10-3-4-18-13(10)17/h5-6,10H,3-4H2,1-2H3,(H,15,16)/t10-/m0/s1. The first-order valence-corrected chi connectivity index (χ1v) is 6.52. The van der Waals surface area contributed by atoms with Crippen molar-refractivity contribution in [2.45, 2.75) is 26.3 Å². The van der Waals surface area contributed by atoms with Crippen LogP contribution >= 0.6 is 15.9 Å². The van der Waals surface area contributed by atoms with Crippen LogP contribution in [0.2, 0.25) is 0 Å². The monoisotopic (exact) mass is 311 g/mol. The average Bonchev–Trinajstić information content (AvgIpc) is 2.71. The fourth-order valence-electron chi connectivity index (χ4n) is 1.95. The minimum atomic E-state index is -0.512. The molecular formula is C13H14BrNO3. The van der Waals surface area contributed by atoms with E-state index in [0.29, 0.717) is 18.6 Å². The van der Waals surface area contributed by atoms with Crippen LogP contribution in [0.15, 0.2) is 16.6 Å². The van der Waals surface area contributed by atoms with Crippen molar-refractivity contribution in [1.82, 2.24) is 5.32 Å². The predicted octanol–water partition coefficient (Wildman–Crippen LogP) is 2.11. The molecule has 2 rings (SSSR count).